The van der Waals surface area contributed by atoms with Gasteiger partial charge in [-0.2, -0.15) is 0 Å². The largest absolute Gasteiger partial charge is 0.422 e. The minimum atomic E-state index is -0.640. The van der Waals surface area contributed by atoms with Crippen LogP contribution in [0.2, 0.25) is 0 Å². The van der Waals surface area contributed by atoms with Gasteiger partial charge in [0.05, 0.1) is 11.0 Å². The van der Waals surface area contributed by atoms with Crippen molar-refractivity contribution in [3.8, 4) is 0 Å². The first-order chi connectivity index (χ1) is 11.7. The van der Waals surface area contributed by atoms with Crippen LogP contribution >= 0.6 is 0 Å². The molecule has 5 nitrogen and oxygen atoms in total. The van der Waals surface area contributed by atoms with E-state index in [2.05, 4.69) is 4.98 Å². The highest BCUT2D eigenvalue weighted by Gasteiger charge is 2.21. The zero-order valence-electron chi connectivity index (χ0n) is 13.0. The molecule has 24 heavy (non-hydrogen) atoms. The summed E-state index contributed by atoms with van der Waals surface area (Å²) in [5, 5.41) is 0.711. The van der Waals surface area contributed by atoms with E-state index >= 15 is 0 Å². The molecule has 4 aromatic rings. The van der Waals surface area contributed by atoms with Crippen LogP contribution in [-0.2, 0) is 6.42 Å². The summed E-state index contributed by atoms with van der Waals surface area (Å²) >= 11 is 0. The van der Waals surface area contributed by atoms with Crippen LogP contribution in [0.4, 0.5) is 0 Å². The Bertz CT molecular complexity index is 1140. The number of hydrogen-bond acceptors (Lipinski definition) is 4. The summed E-state index contributed by atoms with van der Waals surface area (Å²) in [6.07, 6.45) is 0.583. The molecule has 0 saturated carbocycles. The van der Waals surface area contributed by atoms with Crippen molar-refractivity contribution in [2.75, 3.05) is 0 Å². The average Bonchev–Trinajstić information content (AvgIpc) is 2.99. The van der Waals surface area contributed by atoms with Gasteiger partial charge in [-0.1, -0.05) is 37.3 Å². The molecule has 0 aliphatic carbocycles. The normalized spacial score (nSPS) is 11.2. The lowest BCUT2D eigenvalue weighted by molar-refractivity contribution is 0.0958. The lowest BCUT2D eigenvalue weighted by atomic mass is 10.1. The third-order valence-corrected chi connectivity index (χ3v) is 4.02. The fourth-order valence-electron chi connectivity index (χ4n) is 2.87. The van der Waals surface area contributed by atoms with Gasteiger partial charge in [0.15, 0.2) is 0 Å². The first kappa shape index (κ1) is 14.4. The van der Waals surface area contributed by atoms with E-state index in [1.807, 2.05) is 43.3 Å². The van der Waals surface area contributed by atoms with Crippen molar-refractivity contribution in [1.82, 2.24) is 9.55 Å². The Labute approximate surface area is 137 Å². The maximum absolute atomic E-state index is 13.0. The molecule has 0 amide bonds. The monoisotopic (exact) mass is 318 g/mol. The molecule has 0 aliphatic rings. The summed E-state index contributed by atoms with van der Waals surface area (Å²) in [5.74, 6) is 0.203. The number of benzene rings is 2. The molecular weight excluding hydrogens is 304 g/mol. The second kappa shape index (κ2) is 5.45. The molecule has 2 aromatic carbocycles. The van der Waals surface area contributed by atoms with Crippen LogP contribution in [0.1, 0.15) is 23.1 Å². The van der Waals surface area contributed by atoms with Gasteiger partial charge in [0.1, 0.15) is 17.0 Å². The zero-order chi connectivity index (χ0) is 16.7. The third-order valence-electron chi connectivity index (χ3n) is 4.02. The Morgan fingerprint density at radius 1 is 1.12 bits per heavy atom. The second-order valence-corrected chi connectivity index (χ2v) is 5.50. The van der Waals surface area contributed by atoms with Crippen molar-refractivity contribution < 1.29 is 9.21 Å². The highest BCUT2D eigenvalue weighted by atomic mass is 16.4. The molecule has 0 radical (unpaired) electrons. The smallest absolute Gasteiger partial charge is 0.349 e. The summed E-state index contributed by atoms with van der Waals surface area (Å²) in [7, 11) is 0. The van der Waals surface area contributed by atoms with E-state index in [9.17, 15) is 9.59 Å². The van der Waals surface area contributed by atoms with E-state index in [-0.39, 0.29) is 5.56 Å². The van der Waals surface area contributed by atoms with Crippen LogP contribution in [-0.4, -0.2) is 15.5 Å². The minimum absolute atomic E-state index is 0.00607. The number of carbonyl (C=O) groups is 1. The molecule has 4 rings (SSSR count). The van der Waals surface area contributed by atoms with Crippen molar-refractivity contribution in [3.63, 3.8) is 0 Å². The third kappa shape index (κ3) is 2.13. The SMILES string of the molecule is CCc1nc2ccccc2n1C(=O)c1cc2ccccc2oc1=O. The quantitative estimate of drug-likeness (QED) is 0.531. The molecule has 0 bridgehead atoms. The van der Waals surface area contributed by atoms with Gasteiger partial charge < -0.3 is 4.42 Å². The maximum atomic E-state index is 13.0. The Hall–Kier alpha value is -3.21. The van der Waals surface area contributed by atoms with E-state index in [1.54, 1.807) is 18.2 Å². The zero-order valence-corrected chi connectivity index (χ0v) is 13.0. The van der Waals surface area contributed by atoms with Gasteiger partial charge in [-0.25, -0.2) is 9.78 Å². The van der Waals surface area contributed by atoms with E-state index < -0.39 is 11.5 Å². The van der Waals surface area contributed by atoms with Gasteiger partial charge in [0.25, 0.3) is 5.91 Å². The summed E-state index contributed by atoms with van der Waals surface area (Å²) in [6.45, 7) is 1.92. The summed E-state index contributed by atoms with van der Waals surface area (Å²) < 4.78 is 6.78. The number of rotatable bonds is 2. The second-order valence-electron chi connectivity index (χ2n) is 5.50. The summed E-state index contributed by atoms with van der Waals surface area (Å²) in [5.41, 5.74) is 1.25. The standard InChI is InChI=1S/C19H14N2O3/c1-2-17-20-14-8-4-5-9-15(14)21(17)18(22)13-11-12-7-3-6-10-16(12)24-19(13)23/h3-11H,2H2,1H3. The number of aromatic nitrogens is 2. The van der Waals surface area contributed by atoms with Crippen LogP contribution < -0.4 is 5.63 Å². The van der Waals surface area contributed by atoms with Crippen molar-refractivity contribution in [2.24, 2.45) is 0 Å². The van der Waals surface area contributed by atoms with Crippen LogP contribution in [0.15, 0.2) is 63.8 Å². The molecule has 0 unspecified atom stereocenters. The van der Waals surface area contributed by atoms with Crippen molar-refractivity contribution in [1.29, 1.82) is 0 Å². The summed E-state index contributed by atoms with van der Waals surface area (Å²) in [6, 6.07) is 16.1. The van der Waals surface area contributed by atoms with Gasteiger partial charge in [-0.05, 0) is 24.3 Å². The van der Waals surface area contributed by atoms with E-state index in [1.165, 1.54) is 4.57 Å². The van der Waals surface area contributed by atoms with E-state index in [0.717, 1.165) is 5.52 Å². The van der Waals surface area contributed by atoms with Crippen LogP contribution in [0.3, 0.4) is 0 Å². The Kier molecular flexibility index (Phi) is 3.27. The lowest BCUT2D eigenvalue weighted by Gasteiger charge is -2.06. The molecule has 0 aliphatic heterocycles. The number of carbonyl (C=O) groups excluding carboxylic acids is 1. The Morgan fingerprint density at radius 2 is 1.88 bits per heavy atom. The van der Waals surface area contributed by atoms with Crippen LogP contribution in [0.5, 0.6) is 0 Å². The highest BCUT2D eigenvalue weighted by molar-refractivity contribution is 6.03. The highest BCUT2D eigenvalue weighted by Crippen LogP contribution is 2.19. The summed E-state index contributed by atoms with van der Waals surface area (Å²) in [4.78, 5) is 29.8. The van der Waals surface area contributed by atoms with Gasteiger partial charge in [0, 0.05) is 11.8 Å². The molecule has 0 N–H and O–H groups in total. The Balaban J connectivity index is 1.97. The van der Waals surface area contributed by atoms with Crippen LogP contribution in [0, 0.1) is 0 Å². The number of aryl methyl sites for hydroxylation is 1. The molecule has 5 heteroatoms. The van der Waals surface area contributed by atoms with Gasteiger partial charge >= 0.3 is 5.63 Å². The molecule has 0 saturated heterocycles. The molecular formula is C19H14N2O3. The van der Waals surface area contributed by atoms with E-state index in [0.29, 0.717) is 28.7 Å². The minimum Gasteiger partial charge on any atom is -0.422 e. The first-order valence-corrected chi connectivity index (χ1v) is 7.73. The van der Waals surface area contributed by atoms with Crippen molar-refractivity contribution in [3.05, 3.63) is 76.4 Å². The van der Waals surface area contributed by atoms with E-state index in [4.69, 9.17) is 4.42 Å². The number of para-hydroxylation sites is 3. The maximum Gasteiger partial charge on any atom is 0.349 e. The van der Waals surface area contributed by atoms with Gasteiger partial charge in [0.2, 0.25) is 0 Å². The van der Waals surface area contributed by atoms with Gasteiger partial charge in [-0.3, -0.25) is 9.36 Å². The average molecular weight is 318 g/mol. The number of hydrogen-bond donors (Lipinski definition) is 0. The first-order valence-electron chi connectivity index (χ1n) is 7.73. The van der Waals surface area contributed by atoms with Crippen molar-refractivity contribution in [2.45, 2.75) is 13.3 Å². The molecule has 2 aromatic heterocycles. The molecule has 0 atom stereocenters. The molecule has 118 valence electrons. The van der Waals surface area contributed by atoms with Crippen molar-refractivity contribution >= 4 is 27.9 Å². The molecule has 0 fully saturated rings. The number of imidazole rings is 1. The molecule has 2 heterocycles. The Morgan fingerprint density at radius 3 is 2.71 bits per heavy atom. The lowest BCUT2D eigenvalue weighted by Crippen LogP contribution is -2.22. The van der Waals surface area contributed by atoms with Crippen LogP contribution in [0.25, 0.3) is 22.0 Å². The molecule has 0 spiro atoms. The fraction of sp³-hybridized carbons (Fsp3) is 0.105. The number of fused-ring (bicyclic) bond motifs is 2. The predicted octanol–water partition coefficient (Wildman–Crippen LogP) is 3.39. The predicted molar refractivity (Wildman–Crippen MR) is 91.3 cm³/mol. The number of nitrogens with zero attached hydrogens (tertiary/aromatic N) is 2. The van der Waals surface area contributed by atoms with Gasteiger partial charge in [-0.15, -0.1) is 0 Å². The topological polar surface area (TPSA) is 65.1 Å². The fourth-order valence-corrected chi connectivity index (χ4v) is 2.87.